The average molecular weight is 482 g/mol. The minimum absolute atomic E-state index is 0.0902. The topological polar surface area (TPSA) is 79.3 Å². The Morgan fingerprint density at radius 3 is 2.44 bits per heavy atom. The summed E-state index contributed by atoms with van der Waals surface area (Å²) in [6.45, 7) is 4.69. The zero-order valence-electron chi connectivity index (χ0n) is 21.1. The van der Waals surface area contributed by atoms with Crippen molar-refractivity contribution < 1.29 is 9.59 Å². The van der Waals surface area contributed by atoms with Gasteiger partial charge in [-0.05, 0) is 63.3 Å². The number of carbonyl (C=O) groups excluding carboxylic acids is 2. The Balaban J connectivity index is 1.57. The van der Waals surface area contributed by atoms with Crippen LogP contribution in [-0.2, 0) is 11.3 Å². The Morgan fingerprint density at radius 1 is 0.944 bits per heavy atom. The van der Waals surface area contributed by atoms with Gasteiger partial charge < -0.3 is 15.5 Å². The molecule has 0 aliphatic carbocycles. The van der Waals surface area contributed by atoms with E-state index in [4.69, 9.17) is 5.10 Å². The van der Waals surface area contributed by atoms with Gasteiger partial charge in [0.15, 0.2) is 0 Å². The summed E-state index contributed by atoms with van der Waals surface area (Å²) in [5.41, 5.74) is 6.73. The number of rotatable bonds is 8. The summed E-state index contributed by atoms with van der Waals surface area (Å²) in [6.07, 6.45) is 1.77. The van der Waals surface area contributed by atoms with Crippen molar-refractivity contribution >= 4 is 17.5 Å². The number of benzene rings is 3. The molecule has 7 nitrogen and oxygen atoms in total. The molecule has 2 N–H and O–H groups in total. The van der Waals surface area contributed by atoms with Gasteiger partial charge in [0, 0.05) is 24.0 Å². The van der Waals surface area contributed by atoms with E-state index in [-0.39, 0.29) is 11.8 Å². The number of nitrogens with zero attached hydrogens (tertiary/aromatic N) is 3. The lowest BCUT2D eigenvalue weighted by atomic mass is 10.0. The minimum atomic E-state index is -0.214. The van der Waals surface area contributed by atoms with Crippen LogP contribution in [0.15, 0.2) is 79.0 Å². The van der Waals surface area contributed by atoms with Crippen LogP contribution in [0.25, 0.3) is 16.9 Å². The Morgan fingerprint density at radius 2 is 1.72 bits per heavy atom. The summed E-state index contributed by atoms with van der Waals surface area (Å²) in [7, 11) is 3.69. The maximum absolute atomic E-state index is 13.4. The van der Waals surface area contributed by atoms with E-state index in [1.807, 2.05) is 99.6 Å². The van der Waals surface area contributed by atoms with Crippen LogP contribution in [0.4, 0.5) is 5.69 Å². The number of hydrogen-bond donors (Lipinski definition) is 2. The van der Waals surface area contributed by atoms with Crippen molar-refractivity contribution in [1.82, 2.24) is 20.0 Å². The Bertz CT molecular complexity index is 1380. The standard InChI is InChI=1S/C29H31N5O2/c1-20-13-14-25(21(2)15-20)28-26(18-34(32-28)24-11-6-5-7-12-24)29(36)30-17-22-9-8-10-23(16-22)31-27(35)19-33(3)4/h5-16,18H,17,19H2,1-4H3,(H,30,36)(H,31,35). The summed E-state index contributed by atoms with van der Waals surface area (Å²) in [4.78, 5) is 27.3. The van der Waals surface area contributed by atoms with Gasteiger partial charge in [0.25, 0.3) is 5.91 Å². The second kappa shape index (κ2) is 11.0. The first kappa shape index (κ1) is 24.9. The van der Waals surface area contributed by atoms with Gasteiger partial charge in [-0.3, -0.25) is 9.59 Å². The summed E-state index contributed by atoms with van der Waals surface area (Å²) >= 11 is 0. The second-order valence-electron chi connectivity index (χ2n) is 9.16. The summed E-state index contributed by atoms with van der Waals surface area (Å²) in [5, 5.41) is 10.7. The van der Waals surface area contributed by atoms with Crippen LogP contribution in [0.3, 0.4) is 0 Å². The molecular formula is C29H31N5O2. The highest BCUT2D eigenvalue weighted by atomic mass is 16.2. The molecule has 4 aromatic rings. The lowest BCUT2D eigenvalue weighted by Crippen LogP contribution is -2.27. The van der Waals surface area contributed by atoms with Crippen molar-refractivity contribution in [3.05, 3.63) is 101 Å². The zero-order chi connectivity index (χ0) is 25.7. The van der Waals surface area contributed by atoms with Crippen LogP contribution in [0.1, 0.15) is 27.0 Å². The van der Waals surface area contributed by atoms with E-state index in [1.54, 1.807) is 10.9 Å². The quantitative estimate of drug-likeness (QED) is 0.386. The fourth-order valence-electron chi connectivity index (χ4n) is 4.06. The molecule has 1 heterocycles. The Labute approximate surface area is 211 Å². The van der Waals surface area contributed by atoms with Crippen LogP contribution in [-0.4, -0.2) is 47.1 Å². The van der Waals surface area contributed by atoms with Gasteiger partial charge in [-0.1, -0.05) is 54.1 Å². The molecule has 0 aliphatic heterocycles. The van der Waals surface area contributed by atoms with Crippen LogP contribution in [0.2, 0.25) is 0 Å². The fraction of sp³-hybridized carbons (Fsp3) is 0.207. The maximum atomic E-state index is 13.4. The summed E-state index contributed by atoms with van der Waals surface area (Å²) in [5.74, 6) is -0.304. The van der Waals surface area contributed by atoms with Crippen molar-refractivity contribution in [2.75, 3.05) is 26.0 Å². The molecule has 0 aliphatic rings. The number of amides is 2. The van der Waals surface area contributed by atoms with E-state index < -0.39 is 0 Å². The SMILES string of the molecule is Cc1ccc(-c2nn(-c3ccccc3)cc2C(=O)NCc2cccc(NC(=O)CN(C)C)c2)c(C)c1. The van der Waals surface area contributed by atoms with Crippen molar-refractivity contribution in [2.45, 2.75) is 20.4 Å². The zero-order valence-corrected chi connectivity index (χ0v) is 21.1. The molecule has 2 amide bonds. The van der Waals surface area contributed by atoms with Crippen LogP contribution in [0, 0.1) is 13.8 Å². The van der Waals surface area contributed by atoms with E-state index in [0.717, 1.165) is 27.9 Å². The number of hydrogen-bond acceptors (Lipinski definition) is 4. The minimum Gasteiger partial charge on any atom is -0.348 e. The second-order valence-corrected chi connectivity index (χ2v) is 9.16. The molecule has 7 heteroatoms. The third-order valence-electron chi connectivity index (χ3n) is 5.74. The molecular weight excluding hydrogens is 450 g/mol. The van der Waals surface area contributed by atoms with Gasteiger partial charge in [-0.15, -0.1) is 0 Å². The third-order valence-corrected chi connectivity index (χ3v) is 5.74. The first-order chi connectivity index (χ1) is 17.3. The number of carbonyl (C=O) groups is 2. The summed E-state index contributed by atoms with van der Waals surface area (Å²) < 4.78 is 1.74. The van der Waals surface area contributed by atoms with E-state index in [0.29, 0.717) is 30.0 Å². The Kier molecular flexibility index (Phi) is 7.61. The molecule has 0 saturated carbocycles. The largest absolute Gasteiger partial charge is 0.348 e. The highest BCUT2D eigenvalue weighted by Crippen LogP contribution is 2.27. The van der Waals surface area contributed by atoms with Crippen LogP contribution in [0.5, 0.6) is 0 Å². The highest BCUT2D eigenvalue weighted by Gasteiger charge is 2.20. The number of nitrogens with one attached hydrogen (secondary N) is 2. The number of para-hydroxylation sites is 1. The smallest absolute Gasteiger partial charge is 0.255 e. The lowest BCUT2D eigenvalue weighted by Gasteiger charge is -2.11. The molecule has 0 atom stereocenters. The first-order valence-electron chi connectivity index (χ1n) is 11.8. The highest BCUT2D eigenvalue weighted by molar-refractivity contribution is 6.00. The molecule has 0 spiro atoms. The molecule has 0 fully saturated rings. The van der Waals surface area contributed by atoms with Gasteiger partial charge in [0.1, 0.15) is 5.69 Å². The van der Waals surface area contributed by atoms with Gasteiger partial charge >= 0.3 is 0 Å². The van der Waals surface area contributed by atoms with Crippen molar-refractivity contribution in [3.63, 3.8) is 0 Å². The van der Waals surface area contributed by atoms with Gasteiger partial charge in [0.05, 0.1) is 17.8 Å². The van der Waals surface area contributed by atoms with Gasteiger partial charge in [0.2, 0.25) is 5.91 Å². The van der Waals surface area contributed by atoms with Gasteiger partial charge in [-0.25, -0.2) is 4.68 Å². The number of likely N-dealkylation sites (N-methyl/N-ethyl adjacent to an activating group) is 1. The van der Waals surface area contributed by atoms with Crippen molar-refractivity contribution in [3.8, 4) is 16.9 Å². The molecule has 0 saturated heterocycles. The first-order valence-corrected chi connectivity index (χ1v) is 11.8. The molecule has 184 valence electrons. The van der Waals surface area contributed by atoms with E-state index in [9.17, 15) is 9.59 Å². The molecule has 0 bridgehead atoms. The normalized spacial score (nSPS) is 10.9. The molecule has 0 unspecified atom stereocenters. The molecule has 3 aromatic carbocycles. The third kappa shape index (κ3) is 6.06. The Hall–Kier alpha value is -4.23. The number of aryl methyl sites for hydroxylation is 2. The van der Waals surface area contributed by atoms with Crippen molar-refractivity contribution in [2.24, 2.45) is 0 Å². The fourth-order valence-corrected chi connectivity index (χ4v) is 4.06. The van der Waals surface area contributed by atoms with Gasteiger partial charge in [-0.2, -0.15) is 5.10 Å². The average Bonchev–Trinajstić information content (AvgIpc) is 3.28. The predicted octanol–water partition coefficient (Wildman–Crippen LogP) is 4.59. The maximum Gasteiger partial charge on any atom is 0.255 e. The molecule has 36 heavy (non-hydrogen) atoms. The monoisotopic (exact) mass is 481 g/mol. The van der Waals surface area contributed by atoms with Crippen LogP contribution >= 0.6 is 0 Å². The lowest BCUT2D eigenvalue weighted by molar-refractivity contribution is -0.116. The predicted molar refractivity (Wildman–Crippen MR) is 143 cm³/mol. The van der Waals surface area contributed by atoms with E-state index in [1.165, 1.54) is 0 Å². The number of aromatic nitrogens is 2. The van der Waals surface area contributed by atoms with Crippen LogP contribution < -0.4 is 10.6 Å². The molecule has 0 radical (unpaired) electrons. The van der Waals surface area contributed by atoms with E-state index >= 15 is 0 Å². The van der Waals surface area contributed by atoms with Crippen molar-refractivity contribution in [1.29, 1.82) is 0 Å². The molecule has 1 aromatic heterocycles. The molecule has 4 rings (SSSR count). The number of anilines is 1. The van der Waals surface area contributed by atoms with E-state index in [2.05, 4.69) is 16.7 Å². The summed E-state index contributed by atoms with van der Waals surface area (Å²) in [6, 6.07) is 23.4.